The first-order valence-electron chi connectivity index (χ1n) is 9.20. The molecule has 0 radical (unpaired) electrons. The minimum atomic E-state index is -1.40. The van der Waals surface area contributed by atoms with E-state index >= 15 is 0 Å². The SMILES string of the molecule is CC(=O)N(c1nc(C=C(NC(=O)c2ccc(C)cc2)C(=O)O)cs1)c1ccc(F)cc1F. The molecule has 0 saturated carbocycles. The molecule has 0 unspecified atom stereocenters. The average molecular weight is 457 g/mol. The Labute approximate surface area is 185 Å². The number of nitrogens with one attached hydrogen (secondary N) is 1. The molecule has 10 heteroatoms. The van der Waals surface area contributed by atoms with Gasteiger partial charge in [0.05, 0.1) is 11.4 Å². The highest BCUT2D eigenvalue weighted by molar-refractivity contribution is 7.14. The lowest BCUT2D eigenvalue weighted by molar-refractivity contribution is -0.132. The lowest BCUT2D eigenvalue weighted by atomic mass is 10.1. The molecule has 0 saturated heterocycles. The van der Waals surface area contributed by atoms with Crippen molar-refractivity contribution in [3.8, 4) is 0 Å². The van der Waals surface area contributed by atoms with Crippen LogP contribution in [0, 0.1) is 18.6 Å². The number of aryl methyl sites for hydroxylation is 1. The Morgan fingerprint density at radius 2 is 1.81 bits per heavy atom. The number of carbonyl (C=O) groups is 3. The first kappa shape index (κ1) is 22.8. The van der Waals surface area contributed by atoms with Gasteiger partial charge in [0.2, 0.25) is 5.91 Å². The smallest absolute Gasteiger partial charge is 0.352 e. The summed E-state index contributed by atoms with van der Waals surface area (Å²) in [4.78, 5) is 41.2. The number of carbonyl (C=O) groups excluding carboxylic acids is 2. The molecular formula is C22H17F2N3O4S. The number of amides is 2. The number of halogens is 2. The van der Waals surface area contributed by atoms with Gasteiger partial charge < -0.3 is 10.4 Å². The Balaban J connectivity index is 1.89. The van der Waals surface area contributed by atoms with Gasteiger partial charge in [-0.15, -0.1) is 11.3 Å². The minimum Gasteiger partial charge on any atom is -0.477 e. The van der Waals surface area contributed by atoms with Crippen LogP contribution in [0.5, 0.6) is 0 Å². The van der Waals surface area contributed by atoms with Crippen LogP contribution in [0.1, 0.15) is 28.5 Å². The maximum absolute atomic E-state index is 14.2. The molecule has 0 aliphatic heterocycles. The third-order valence-corrected chi connectivity index (χ3v) is 5.10. The highest BCUT2D eigenvalue weighted by Crippen LogP contribution is 2.31. The third-order valence-electron chi connectivity index (χ3n) is 4.25. The van der Waals surface area contributed by atoms with E-state index in [2.05, 4.69) is 10.3 Å². The van der Waals surface area contributed by atoms with Crippen molar-refractivity contribution in [3.63, 3.8) is 0 Å². The molecule has 0 fully saturated rings. The number of anilines is 2. The van der Waals surface area contributed by atoms with E-state index in [0.717, 1.165) is 40.0 Å². The van der Waals surface area contributed by atoms with Gasteiger partial charge in [-0.05, 0) is 37.3 Å². The van der Waals surface area contributed by atoms with Crippen molar-refractivity contribution in [2.45, 2.75) is 13.8 Å². The van der Waals surface area contributed by atoms with Crippen LogP contribution in [0.15, 0.2) is 53.5 Å². The number of nitrogens with zero attached hydrogens (tertiary/aromatic N) is 2. The van der Waals surface area contributed by atoms with E-state index in [1.54, 1.807) is 24.3 Å². The van der Waals surface area contributed by atoms with E-state index in [1.165, 1.54) is 12.3 Å². The Bertz CT molecular complexity index is 1220. The van der Waals surface area contributed by atoms with E-state index in [9.17, 15) is 28.3 Å². The molecule has 0 aliphatic rings. The highest BCUT2D eigenvalue weighted by atomic mass is 32.1. The molecule has 1 heterocycles. The van der Waals surface area contributed by atoms with E-state index in [0.29, 0.717) is 6.07 Å². The number of hydrogen-bond donors (Lipinski definition) is 2. The number of aliphatic carboxylic acids is 1. The largest absolute Gasteiger partial charge is 0.477 e. The normalized spacial score (nSPS) is 11.2. The lowest BCUT2D eigenvalue weighted by Crippen LogP contribution is -2.27. The molecule has 3 aromatic rings. The summed E-state index contributed by atoms with van der Waals surface area (Å²) >= 11 is 0.948. The molecule has 2 aromatic carbocycles. The van der Waals surface area contributed by atoms with Gasteiger partial charge in [0.25, 0.3) is 5.91 Å². The fraction of sp³-hybridized carbons (Fsp3) is 0.0909. The molecule has 0 atom stereocenters. The second-order valence-corrected chi connectivity index (χ2v) is 7.52. The summed E-state index contributed by atoms with van der Waals surface area (Å²) in [5.74, 6) is -4.34. The van der Waals surface area contributed by atoms with Crippen molar-refractivity contribution in [1.29, 1.82) is 0 Å². The van der Waals surface area contributed by atoms with Crippen LogP contribution >= 0.6 is 11.3 Å². The van der Waals surface area contributed by atoms with Gasteiger partial charge in [0.15, 0.2) is 5.13 Å². The van der Waals surface area contributed by atoms with E-state index < -0.39 is 35.1 Å². The molecule has 0 bridgehead atoms. The van der Waals surface area contributed by atoms with Crippen molar-refractivity contribution < 1.29 is 28.3 Å². The third kappa shape index (κ3) is 5.22. The Kier molecular flexibility index (Phi) is 6.74. The number of hydrogen-bond acceptors (Lipinski definition) is 5. The van der Waals surface area contributed by atoms with E-state index in [1.807, 2.05) is 6.92 Å². The zero-order chi connectivity index (χ0) is 23.4. The number of thiazole rings is 1. The Hall–Kier alpha value is -3.92. The van der Waals surface area contributed by atoms with E-state index in [4.69, 9.17) is 0 Å². The number of carboxylic acid groups (broad SMARTS) is 1. The molecule has 0 spiro atoms. The van der Waals surface area contributed by atoms with Crippen LogP contribution < -0.4 is 10.2 Å². The maximum atomic E-state index is 14.2. The molecule has 3 rings (SSSR count). The molecule has 0 aliphatic carbocycles. The van der Waals surface area contributed by atoms with Crippen molar-refractivity contribution in [3.05, 3.63) is 82.0 Å². The zero-order valence-electron chi connectivity index (χ0n) is 16.9. The molecule has 1 aromatic heterocycles. The number of carboxylic acids is 1. The predicted molar refractivity (Wildman–Crippen MR) is 116 cm³/mol. The fourth-order valence-electron chi connectivity index (χ4n) is 2.71. The van der Waals surface area contributed by atoms with Gasteiger partial charge >= 0.3 is 5.97 Å². The van der Waals surface area contributed by atoms with Crippen LogP contribution in [0.3, 0.4) is 0 Å². The van der Waals surface area contributed by atoms with E-state index in [-0.39, 0.29) is 22.1 Å². The van der Waals surface area contributed by atoms with Crippen molar-refractivity contribution in [1.82, 2.24) is 10.3 Å². The van der Waals surface area contributed by atoms with Crippen LogP contribution in [-0.4, -0.2) is 27.9 Å². The average Bonchev–Trinajstić information content (AvgIpc) is 3.17. The second kappa shape index (κ2) is 9.48. The van der Waals surface area contributed by atoms with Crippen LogP contribution in [0.2, 0.25) is 0 Å². The van der Waals surface area contributed by atoms with Crippen LogP contribution in [0.4, 0.5) is 19.6 Å². The summed E-state index contributed by atoms with van der Waals surface area (Å²) in [5, 5.41) is 13.3. The van der Waals surface area contributed by atoms with Gasteiger partial charge in [-0.1, -0.05) is 17.7 Å². The predicted octanol–water partition coefficient (Wildman–Crippen LogP) is 4.27. The van der Waals surface area contributed by atoms with Gasteiger partial charge in [-0.25, -0.2) is 18.6 Å². The highest BCUT2D eigenvalue weighted by Gasteiger charge is 2.22. The summed E-state index contributed by atoms with van der Waals surface area (Å²) in [6, 6.07) is 9.32. The monoisotopic (exact) mass is 457 g/mol. The molecule has 7 nitrogen and oxygen atoms in total. The molecular weight excluding hydrogens is 440 g/mol. The lowest BCUT2D eigenvalue weighted by Gasteiger charge is -2.18. The van der Waals surface area contributed by atoms with Crippen LogP contribution in [0.25, 0.3) is 6.08 Å². The number of rotatable bonds is 6. The second-order valence-electron chi connectivity index (χ2n) is 6.69. The summed E-state index contributed by atoms with van der Waals surface area (Å²) in [5.41, 5.74) is 0.708. The molecule has 2 amide bonds. The first-order chi connectivity index (χ1) is 15.2. The Morgan fingerprint density at radius 3 is 2.41 bits per heavy atom. The van der Waals surface area contributed by atoms with Gasteiger partial charge in [-0.3, -0.25) is 14.5 Å². The molecule has 164 valence electrons. The van der Waals surface area contributed by atoms with Crippen molar-refractivity contribution in [2.24, 2.45) is 0 Å². The number of benzene rings is 2. The van der Waals surface area contributed by atoms with Gasteiger partial charge in [0, 0.05) is 23.9 Å². The van der Waals surface area contributed by atoms with Crippen molar-refractivity contribution >= 4 is 46.0 Å². The zero-order valence-corrected chi connectivity index (χ0v) is 17.7. The standard InChI is InChI=1S/C22H17F2N3O4S/c1-12-3-5-14(6-4-12)20(29)26-18(21(30)31)10-16-11-32-22(25-16)27(13(2)28)19-8-7-15(23)9-17(19)24/h3-11H,1-2H3,(H,26,29)(H,30,31). The molecule has 32 heavy (non-hydrogen) atoms. The van der Waals surface area contributed by atoms with Crippen LogP contribution in [-0.2, 0) is 9.59 Å². The number of aromatic nitrogens is 1. The van der Waals surface area contributed by atoms with Crippen molar-refractivity contribution in [2.75, 3.05) is 4.90 Å². The minimum absolute atomic E-state index is 0.0452. The Morgan fingerprint density at radius 1 is 1.12 bits per heavy atom. The summed E-state index contributed by atoms with van der Waals surface area (Å²) in [6.07, 6.45) is 1.12. The maximum Gasteiger partial charge on any atom is 0.352 e. The summed E-state index contributed by atoms with van der Waals surface area (Å²) < 4.78 is 27.4. The summed E-state index contributed by atoms with van der Waals surface area (Å²) in [6.45, 7) is 3.04. The fourth-order valence-corrected chi connectivity index (χ4v) is 3.55. The van der Waals surface area contributed by atoms with Gasteiger partial charge in [0.1, 0.15) is 17.3 Å². The molecule has 2 N–H and O–H groups in total. The first-order valence-corrected chi connectivity index (χ1v) is 10.1. The topological polar surface area (TPSA) is 99.6 Å². The summed E-state index contributed by atoms with van der Waals surface area (Å²) in [7, 11) is 0. The quantitative estimate of drug-likeness (QED) is 0.539. The van der Waals surface area contributed by atoms with Gasteiger partial charge in [-0.2, -0.15) is 0 Å².